The second kappa shape index (κ2) is 12.5. The van der Waals surface area contributed by atoms with Gasteiger partial charge in [-0.1, -0.05) is 52.0 Å². The predicted molar refractivity (Wildman–Crippen MR) is 118 cm³/mol. The van der Waals surface area contributed by atoms with Gasteiger partial charge in [0.1, 0.15) is 24.7 Å². The van der Waals surface area contributed by atoms with Gasteiger partial charge in [0.05, 0.1) is 13.2 Å². The van der Waals surface area contributed by atoms with Gasteiger partial charge in [-0.25, -0.2) is 0 Å². The monoisotopic (exact) mass is 400 g/mol. The summed E-state index contributed by atoms with van der Waals surface area (Å²) in [5, 5.41) is 0. The number of ether oxygens (including phenoxy) is 4. The molecule has 0 fully saturated rings. The molecule has 0 atom stereocenters. The van der Waals surface area contributed by atoms with Crippen LogP contribution in [0.25, 0.3) is 0 Å². The first-order chi connectivity index (χ1) is 14.1. The maximum Gasteiger partial charge on any atom is 0.119 e. The molecule has 0 radical (unpaired) electrons. The molecule has 0 aromatic heterocycles. The smallest absolute Gasteiger partial charge is 0.119 e. The van der Waals surface area contributed by atoms with Crippen LogP contribution < -0.4 is 9.47 Å². The minimum atomic E-state index is -0.106. The van der Waals surface area contributed by atoms with Crippen LogP contribution in [-0.4, -0.2) is 39.6 Å². The number of benzene rings is 2. The third-order valence-electron chi connectivity index (χ3n) is 4.84. The highest BCUT2D eigenvalue weighted by atomic mass is 16.5. The molecule has 160 valence electrons. The van der Waals surface area contributed by atoms with Crippen LogP contribution in [0.5, 0.6) is 11.5 Å². The zero-order valence-electron chi connectivity index (χ0n) is 18.4. The van der Waals surface area contributed by atoms with E-state index in [1.165, 1.54) is 11.1 Å². The fraction of sp³-hybridized carbons (Fsp3) is 0.520. The van der Waals surface area contributed by atoms with Crippen LogP contribution >= 0.6 is 0 Å². The van der Waals surface area contributed by atoms with Crippen LogP contribution in [0, 0.1) is 0 Å². The van der Waals surface area contributed by atoms with Crippen LogP contribution in [0.1, 0.15) is 51.7 Å². The van der Waals surface area contributed by atoms with Crippen LogP contribution in [0.2, 0.25) is 0 Å². The Kier molecular flexibility index (Phi) is 10.0. The molecule has 2 aromatic carbocycles. The molecule has 0 aliphatic carbocycles. The Morgan fingerprint density at radius 3 is 1.28 bits per heavy atom. The first kappa shape index (κ1) is 23.2. The van der Waals surface area contributed by atoms with Crippen LogP contribution in [0.3, 0.4) is 0 Å². The fourth-order valence-electron chi connectivity index (χ4n) is 3.03. The summed E-state index contributed by atoms with van der Waals surface area (Å²) >= 11 is 0. The largest absolute Gasteiger partial charge is 0.491 e. The van der Waals surface area contributed by atoms with Gasteiger partial charge >= 0.3 is 0 Å². The molecule has 0 aliphatic rings. The standard InChI is InChI=1S/C25H36O4/c1-5-15-26-17-19-28-23-11-7-21(8-12-23)25(3,4)22-9-13-24(14-10-22)29-20-18-27-16-6-2/h7-14H,5-6,15-20H2,1-4H3. The Bertz CT molecular complexity index is 617. The molecular weight excluding hydrogens is 364 g/mol. The Hall–Kier alpha value is -2.04. The van der Waals surface area contributed by atoms with Crippen LogP contribution in [0.15, 0.2) is 48.5 Å². The lowest BCUT2D eigenvalue weighted by molar-refractivity contribution is 0.101. The summed E-state index contributed by atoms with van der Waals surface area (Å²) in [7, 11) is 0. The van der Waals surface area contributed by atoms with Crippen LogP contribution in [0.4, 0.5) is 0 Å². The van der Waals surface area contributed by atoms with E-state index in [0.717, 1.165) is 37.6 Å². The molecule has 0 bridgehead atoms. The third kappa shape index (κ3) is 7.71. The number of rotatable bonds is 14. The molecule has 0 N–H and O–H groups in total. The average Bonchev–Trinajstić information content (AvgIpc) is 2.74. The van der Waals surface area contributed by atoms with Gasteiger partial charge in [-0.05, 0) is 48.2 Å². The van der Waals surface area contributed by atoms with Crippen molar-refractivity contribution in [2.24, 2.45) is 0 Å². The van der Waals surface area contributed by atoms with E-state index < -0.39 is 0 Å². The Morgan fingerprint density at radius 1 is 0.552 bits per heavy atom. The molecule has 4 heteroatoms. The molecule has 0 saturated heterocycles. The summed E-state index contributed by atoms with van der Waals surface area (Å²) in [4.78, 5) is 0. The van der Waals surface area contributed by atoms with Crippen LogP contribution in [-0.2, 0) is 14.9 Å². The van der Waals surface area contributed by atoms with Gasteiger partial charge in [0.25, 0.3) is 0 Å². The van der Waals surface area contributed by atoms with Crippen molar-refractivity contribution in [3.8, 4) is 11.5 Å². The van der Waals surface area contributed by atoms with Gasteiger partial charge in [-0.15, -0.1) is 0 Å². The summed E-state index contributed by atoms with van der Waals surface area (Å²) in [5.41, 5.74) is 2.38. The molecule has 29 heavy (non-hydrogen) atoms. The summed E-state index contributed by atoms with van der Waals surface area (Å²) in [6.07, 6.45) is 2.06. The fourth-order valence-corrected chi connectivity index (χ4v) is 3.03. The maximum absolute atomic E-state index is 5.75. The summed E-state index contributed by atoms with van der Waals surface area (Å²) in [6, 6.07) is 16.7. The highest BCUT2D eigenvalue weighted by Crippen LogP contribution is 2.33. The molecule has 4 nitrogen and oxygen atoms in total. The van der Waals surface area contributed by atoms with Gasteiger partial charge in [-0.2, -0.15) is 0 Å². The molecule has 0 heterocycles. The van der Waals surface area contributed by atoms with Gasteiger partial charge in [0.2, 0.25) is 0 Å². The van der Waals surface area contributed by atoms with Crippen molar-refractivity contribution >= 4 is 0 Å². The zero-order chi connectivity index (χ0) is 21.0. The van der Waals surface area contributed by atoms with Gasteiger partial charge in [0, 0.05) is 18.6 Å². The Balaban J connectivity index is 1.88. The normalized spacial score (nSPS) is 11.4. The predicted octanol–water partition coefficient (Wildman–Crippen LogP) is 5.62. The van der Waals surface area contributed by atoms with Crippen molar-refractivity contribution in [2.75, 3.05) is 39.6 Å². The van der Waals surface area contributed by atoms with Crippen molar-refractivity contribution in [2.45, 2.75) is 46.0 Å². The average molecular weight is 401 g/mol. The first-order valence-corrected chi connectivity index (χ1v) is 10.7. The van der Waals surface area contributed by atoms with Gasteiger partial charge in [-0.3, -0.25) is 0 Å². The summed E-state index contributed by atoms with van der Waals surface area (Å²) in [5.74, 6) is 1.75. The Labute approximate surface area is 176 Å². The SMILES string of the molecule is CCCOCCOc1ccc(C(C)(C)c2ccc(OCCOCCC)cc2)cc1. The zero-order valence-corrected chi connectivity index (χ0v) is 18.4. The second-order valence-corrected chi connectivity index (χ2v) is 7.60. The van der Waals surface area contributed by atoms with E-state index in [9.17, 15) is 0 Å². The van der Waals surface area contributed by atoms with E-state index in [-0.39, 0.29) is 5.41 Å². The maximum atomic E-state index is 5.75. The molecule has 0 amide bonds. The molecule has 2 rings (SSSR count). The lowest BCUT2D eigenvalue weighted by Gasteiger charge is -2.26. The van der Waals surface area contributed by atoms with E-state index in [2.05, 4.69) is 52.0 Å². The number of hydrogen-bond donors (Lipinski definition) is 0. The lowest BCUT2D eigenvalue weighted by Crippen LogP contribution is -2.18. The van der Waals surface area contributed by atoms with E-state index in [0.29, 0.717) is 26.4 Å². The first-order valence-electron chi connectivity index (χ1n) is 10.7. The highest BCUT2D eigenvalue weighted by Gasteiger charge is 2.23. The van der Waals surface area contributed by atoms with Crippen molar-refractivity contribution < 1.29 is 18.9 Å². The third-order valence-corrected chi connectivity index (χ3v) is 4.84. The van der Waals surface area contributed by atoms with Crippen molar-refractivity contribution in [3.63, 3.8) is 0 Å². The Morgan fingerprint density at radius 2 is 0.931 bits per heavy atom. The number of hydrogen-bond acceptors (Lipinski definition) is 4. The van der Waals surface area contributed by atoms with E-state index >= 15 is 0 Å². The molecule has 0 aliphatic heterocycles. The minimum absolute atomic E-state index is 0.106. The highest BCUT2D eigenvalue weighted by molar-refractivity contribution is 5.41. The van der Waals surface area contributed by atoms with E-state index in [1.54, 1.807) is 0 Å². The summed E-state index contributed by atoms with van der Waals surface area (Å²) < 4.78 is 22.4. The molecular formula is C25H36O4. The lowest BCUT2D eigenvalue weighted by atomic mass is 9.78. The minimum Gasteiger partial charge on any atom is -0.491 e. The van der Waals surface area contributed by atoms with Crippen molar-refractivity contribution in [1.82, 2.24) is 0 Å². The van der Waals surface area contributed by atoms with E-state index in [4.69, 9.17) is 18.9 Å². The van der Waals surface area contributed by atoms with E-state index in [1.807, 2.05) is 24.3 Å². The van der Waals surface area contributed by atoms with Gasteiger partial charge < -0.3 is 18.9 Å². The van der Waals surface area contributed by atoms with Gasteiger partial charge in [0.15, 0.2) is 0 Å². The molecule has 0 saturated carbocycles. The molecule has 0 unspecified atom stereocenters. The van der Waals surface area contributed by atoms with Crippen molar-refractivity contribution in [3.05, 3.63) is 59.7 Å². The molecule has 2 aromatic rings. The molecule has 0 spiro atoms. The van der Waals surface area contributed by atoms with Crippen molar-refractivity contribution in [1.29, 1.82) is 0 Å². The topological polar surface area (TPSA) is 36.9 Å². The second-order valence-electron chi connectivity index (χ2n) is 7.60. The summed E-state index contributed by atoms with van der Waals surface area (Å²) in [6.45, 7) is 12.6. The quantitative estimate of drug-likeness (QED) is 0.386.